The van der Waals surface area contributed by atoms with Crippen LogP contribution in [0.1, 0.15) is 41.6 Å². The zero-order chi connectivity index (χ0) is 28.9. The molecule has 6 rings (SSSR count). The SMILES string of the molecule is CCCCc1nc(-c2ccc(F)cc2)c(C(=O)N2CCOCC2)n1Cc1ccc(-c2ccccc2-c2nnn[nH]2)cc1. The van der Waals surface area contributed by atoms with Gasteiger partial charge in [0.15, 0.2) is 5.82 Å². The number of carbonyl (C=O) groups is 1. The normalized spacial score (nSPS) is 13.4. The van der Waals surface area contributed by atoms with Crippen LogP contribution >= 0.6 is 0 Å². The first-order valence-electron chi connectivity index (χ1n) is 14.3. The highest BCUT2D eigenvalue weighted by Crippen LogP contribution is 2.31. The van der Waals surface area contributed by atoms with Gasteiger partial charge >= 0.3 is 0 Å². The minimum Gasteiger partial charge on any atom is -0.378 e. The Morgan fingerprint density at radius 1 is 0.952 bits per heavy atom. The van der Waals surface area contributed by atoms with Gasteiger partial charge in [0.25, 0.3) is 5.91 Å². The number of amides is 1. The number of aromatic nitrogens is 6. The summed E-state index contributed by atoms with van der Waals surface area (Å²) in [7, 11) is 0. The summed E-state index contributed by atoms with van der Waals surface area (Å²) in [5, 5.41) is 14.4. The molecular weight excluding hydrogens is 533 g/mol. The highest BCUT2D eigenvalue weighted by molar-refractivity contribution is 5.99. The third-order valence-electron chi connectivity index (χ3n) is 7.55. The molecule has 1 N–H and O–H groups in total. The number of hydrogen-bond acceptors (Lipinski definition) is 6. The predicted octanol–water partition coefficient (Wildman–Crippen LogP) is 5.40. The number of hydrogen-bond donors (Lipinski definition) is 1. The van der Waals surface area contributed by atoms with Crippen LogP contribution in [0, 0.1) is 5.82 Å². The van der Waals surface area contributed by atoms with Gasteiger partial charge in [-0.2, -0.15) is 0 Å². The van der Waals surface area contributed by atoms with Gasteiger partial charge in [-0.15, -0.1) is 5.10 Å². The van der Waals surface area contributed by atoms with Crippen LogP contribution in [0.4, 0.5) is 4.39 Å². The minimum atomic E-state index is -0.327. The molecule has 10 heteroatoms. The quantitative estimate of drug-likeness (QED) is 0.257. The number of unbranched alkanes of at least 4 members (excludes halogenated alkanes) is 1. The maximum Gasteiger partial charge on any atom is 0.272 e. The van der Waals surface area contributed by atoms with Crippen LogP contribution in [-0.4, -0.2) is 67.3 Å². The van der Waals surface area contributed by atoms with E-state index < -0.39 is 0 Å². The third kappa shape index (κ3) is 5.71. The molecule has 1 amide bonds. The summed E-state index contributed by atoms with van der Waals surface area (Å²) >= 11 is 0. The first-order valence-corrected chi connectivity index (χ1v) is 14.3. The third-order valence-corrected chi connectivity index (χ3v) is 7.55. The number of nitrogens with one attached hydrogen (secondary N) is 1. The zero-order valence-corrected chi connectivity index (χ0v) is 23.5. The second kappa shape index (κ2) is 12.4. The van der Waals surface area contributed by atoms with Gasteiger partial charge in [-0.05, 0) is 57.8 Å². The smallest absolute Gasteiger partial charge is 0.272 e. The molecule has 5 aromatic rings. The van der Waals surface area contributed by atoms with Crippen molar-refractivity contribution in [3.05, 3.63) is 95.7 Å². The molecule has 2 aromatic heterocycles. The predicted molar refractivity (Wildman–Crippen MR) is 157 cm³/mol. The summed E-state index contributed by atoms with van der Waals surface area (Å²) in [6.07, 6.45) is 2.68. The highest BCUT2D eigenvalue weighted by Gasteiger charge is 2.29. The molecule has 0 saturated carbocycles. The number of carbonyl (C=O) groups excluding carboxylic acids is 1. The Balaban J connectivity index is 1.39. The fraction of sp³-hybridized carbons (Fsp3) is 0.281. The van der Waals surface area contributed by atoms with Crippen molar-refractivity contribution in [3.63, 3.8) is 0 Å². The molecule has 0 radical (unpaired) electrons. The summed E-state index contributed by atoms with van der Waals surface area (Å²) in [6, 6.07) is 22.5. The number of nitrogens with zero attached hydrogens (tertiary/aromatic N) is 6. The number of tetrazole rings is 1. The van der Waals surface area contributed by atoms with Crippen molar-refractivity contribution < 1.29 is 13.9 Å². The number of H-pyrrole nitrogens is 1. The molecule has 0 spiro atoms. The van der Waals surface area contributed by atoms with Crippen molar-refractivity contribution in [2.75, 3.05) is 26.3 Å². The first kappa shape index (κ1) is 27.5. The van der Waals surface area contributed by atoms with E-state index in [0.717, 1.165) is 52.9 Å². The van der Waals surface area contributed by atoms with Crippen molar-refractivity contribution in [2.45, 2.75) is 32.7 Å². The summed E-state index contributed by atoms with van der Waals surface area (Å²) in [6.45, 7) is 4.66. The van der Waals surface area contributed by atoms with Crippen molar-refractivity contribution in [1.82, 2.24) is 35.1 Å². The average molecular weight is 566 g/mol. The summed E-state index contributed by atoms with van der Waals surface area (Å²) in [5.74, 6) is 1.04. The van der Waals surface area contributed by atoms with Gasteiger partial charge in [0.2, 0.25) is 0 Å². The summed E-state index contributed by atoms with van der Waals surface area (Å²) < 4.78 is 21.4. The summed E-state index contributed by atoms with van der Waals surface area (Å²) in [4.78, 5) is 20.9. The van der Waals surface area contributed by atoms with Crippen LogP contribution in [0.15, 0.2) is 72.8 Å². The number of morpholine rings is 1. The van der Waals surface area contributed by atoms with Gasteiger partial charge in [0.05, 0.1) is 13.2 Å². The number of ether oxygens (including phenoxy) is 1. The fourth-order valence-electron chi connectivity index (χ4n) is 5.32. The van der Waals surface area contributed by atoms with Gasteiger partial charge in [-0.3, -0.25) is 4.79 Å². The molecule has 3 aromatic carbocycles. The van der Waals surface area contributed by atoms with E-state index in [9.17, 15) is 9.18 Å². The van der Waals surface area contributed by atoms with E-state index in [1.807, 2.05) is 29.2 Å². The highest BCUT2D eigenvalue weighted by atomic mass is 19.1. The number of rotatable bonds is 9. The Bertz CT molecular complexity index is 1640. The van der Waals surface area contributed by atoms with Crippen LogP contribution in [0.5, 0.6) is 0 Å². The van der Waals surface area contributed by atoms with Crippen molar-refractivity contribution >= 4 is 5.91 Å². The van der Waals surface area contributed by atoms with Crippen LogP contribution in [0.2, 0.25) is 0 Å². The lowest BCUT2D eigenvalue weighted by Gasteiger charge is -2.27. The fourth-order valence-corrected chi connectivity index (χ4v) is 5.32. The molecule has 3 heterocycles. The van der Waals surface area contributed by atoms with Gasteiger partial charge in [-0.1, -0.05) is 61.9 Å². The number of aryl methyl sites for hydroxylation is 1. The van der Waals surface area contributed by atoms with E-state index in [1.165, 1.54) is 12.1 Å². The second-order valence-electron chi connectivity index (χ2n) is 10.3. The molecule has 0 atom stereocenters. The lowest BCUT2D eigenvalue weighted by molar-refractivity contribution is 0.0296. The molecule has 1 aliphatic heterocycles. The van der Waals surface area contributed by atoms with Crippen molar-refractivity contribution in [2.24, 2.45) is 0 Å². The van der Waals surface area contributed by atoms with E-state index in [4.69, 9.17) is 9.72 Å². The molecule has 9 nitrogen and oxygen atoms in total. The maximum atomic E-state index is 14.1. The van der Waals surface area contributed by atoms with E-state index in [1.54, 1.807) is 12.1 Å². The molecule has 0 bridgehead atoms. The molecular formula is C32H32FN7O2. The largest absolute Gasteiger partial charge is 0.378 e. The van der Waals surface area contributed by atoms with Crippen LogP contribution in [-0.2, 0) is 17.7 Å². The number of benzene rings is 3. The summed E-state index contributed by atoms with van der Waals surface area (Å²) in [5.41, 5.74) is 5.82. The van der Waals surface area contributed by atoms with Gasteiger partial charge in [-0.25, -0.2) is 14.5 Å². The van der Waals surface area contributed by atoms with Gasteiger partial charge in [0.1, 0.15) is 23.0 Å². The van der Waals surface area contributed by atoms with Gasteiger partial charge < -0.3 is 14.2 Å². The van der Waals surface area contributed by atoms with E-state index >= 15 is 0 Å². The lowest BCUT2D eigenvalue weighted by atomic mass is 9.98. The monoisotopic (exact) mass is 565 g/mol. The number of halogens is 1. The minimum absolute atomic E-state index is 0.0842. The Labute approximate surface area is 243 Å². The van der Waals surface area contributed by atoms with E-state index in [-0.39, 0.29) is 11.7 Å². The average Bonchev–Trinajstić information content (AvgIpc) is 3.70. The van der Waals surface area contributed by atoms with Crippen LogP contribution in [0.3, 0.4) is 0 Å². The first-order chi connectivity index (χ1) is 20.6. The maximum absolute atomic E-state index is 14.1. The molecule has 214 valence electrons. The number of aromatic amines is 1. The van der Waals surface area contributed by atoms with Crippen LogP contribution in [0.25, 0.3) is 33.8 Å². The molecule has 1 aliphatic rings. The molecule has 1 fully saturated rings. The lowest BCUT2D eigenvalue weighted by Crippen LogP contribution is -2.41. The Morgan fingerprint density at radius 3 is 2.36 bits per heavy atom. The van der Waals surface area contributed by atoms with Crippen molar-refractivity contribution in [3.8, 4) is 33.8 Å². The van der Waals surface area contributed by atoms with Crippen LogP contribution < -0.4 is 0 Å². The molecule has 1 saturated heterocycles. The van der Waals surface area contributed by atoms with E-state index in [2.05, 4.69) is 56.4 Å². The molecule has 0 unspecified atom stereocenters. The Morgan fingerprint density at radius 2 is 1.67 bits per heavy atom. The Hall–Kier alpha value is -4.70. The standard InChI is InChI=1S/C32H32FN7O2/c1-2-3-8-28-34-29(24-13-15-25(33)16-14-24)30(32(41)39-17-19-42-20-18-39)40(28)21-22-9-11-23(12-10-22)26-6-4-5-7-27(26)31-35-37-38-36-31/h4-7,9-16H,2-3,8,17-21H2,1H3,(H,35,36,37,38). The zero-order valence-electron chi connectivity index (χ0n) is 23.5. The molecule has 42 heavy (non-hydrogen) atoms. The Kier molecular flexibility index (Phi) is 8.14. The second-order valence-corrected chi connectivity index (χ2v) is 10.3. The van der Waals surface area contributed by atoms with Gasteiger partial charge in [0, 0.05) is 37.2 Å². The van der Waals surface area contributed by atoms with Crippen molar-refractivity contribution in [1.29, 1.82) is 0 Å². The van der Waals surface area contributed by atoms with E-state index in [0.29, 0.717) is 50.1 Å². The topological polar surface area (TPSA) is 102 Å². The molecule has 0 aliphatic carbocycles. The number of imidazole rings is 1.